The summed E-state index contributed by atoms with van der Waals surface area (Å²) in [6.45, 7) is 5.58. The van der Waals surface area contributed by atoms with Gasteiger partial charge in [-0.3, -0.25) is 4.79 Å². The predicted molar refractivity (Wildman–Crippen MR) is 113 cm³/mol. The van der Waals surface area contributed by atoms with E-state index in [4.69, 9.17) is 0 Å². The number of carbonyl (C=O) groups excluding carboxylic acids is 1. The van der Waals surface area contributed by atoms with Crippen molar-refractivity contribution in [3.05, 3.63) is 59.6 Å². The minimum atomic E-state index is -4.76. The van der Waals surface area contributed by atoms with Gasteiger partial charge in [-0.25, -0.2) is 9.37 Å². The molecule has 0 saturated carbocycles. The number of likely N-dealkylation sites (N-methyl/N-ethyl adjacent to an activating group) is 1. The number of amides is 1. The van der Waals surface area contributed by atoms with Crippen LogP contribution in [0.3, 0.4) is 0 Å². The molecular weight excluding hydrogens is 426 g/mol. The van der Waals surface area contributed by atoms with Crippen LogP contribution in [0.25, 0.3) is 0 Å². The topological polar surface area (TPSA) is 72.3 Å². The van der Waals surface area contributed by atoms with Crippen molar-refractivity contribution in [1.82, 2.24) is 4.98 Å². The van der Waals surface area contributed by atoms with Crippen LogP contribution >= 0.6 is 0 Å². The summed E-state index contributed by atoms with van der Waals surface area (Å²) in [4.78, 5) is 20.2. The lowest BCUT2D eigenvalue weighted by atomic mass is 10.0. The Balaban J connectivity index is 2.05. The Morgan fingerprint density at radius 3 is 2.75 bits per heavy atom. The number of para-hydroxylation sites is 1. The highest BCUT2D eigenvalue weighted by Crippen LogP contribution is 2.37. The monoisotopic (exact) mass is 447 g/mol. The maximum Gasteiger partial charge on any atom is 0.417 e. The third-order valence-electron chi connectivity index (χ3n) is 5.18. The second-order valence-corrected chi connectivity index (χ2v) is 7.37. The van der Waals surface area contributed by atoms with E-state index >= 15 is 0 Å². The second kappa shape index (κ2) is 8.86. The molecule has 10 heteroatoms. The van der Waals surface area contributed by atoms with Crippen LogP contribution in [0.2, 0.25) is 0 Å². The zero-order chi connectivity index (χ0) is 23.6. The van der Waals surface area contributed by atoms with Crippen molar-refractivity contribution < 1.29 is 22.4 Å². The molecule has 0 saturated heterocycles. The lowest BCUT2D eigenvalue weighted by Gasteiger charge is -2.35. The Morgan fingerprint density at radius 2 is 2.12 bits per heavy atom. The zero-order valence-corrected chi connectivity index (χ0v) is 17.5. The van der Waals surface area contributed by atoms with E-state index in [9.17, 15) is 27.6 Å². The molecule has 1 aliphatic heterocycles. The lowest BCUT2D eigenvalue weighted by Crippen LogP contribution is -2.46. The molecule has 3 rings (SSSR count). The van der Waals surface area contributed by atoms with E-state index in [1.54, 1.807) is 23.1 Å². The molecule has 168 valence electrons. The van der Waals surface area contributed by atoms with E-state index in [0.717, 1.165) is 6.07 Å². The number of fused-ring (bicyclic) bond motifs is 1. The molecule has 1 atom stereocenters. The van der Waals surface area contributed by atoms with E-state index in [0.29, 0.717) is 12.2 Å². The van der Waals surface area contributed by atoms with Gasteiger partial charge >= 0.3 is 6.18 Å². The standard InChI is InChI=1S/C22H21F4N5O/c1-4-9-31-10-8-17(21(32)30(3)18-7-5-6-16(23)19(18)31)29-20-14(12-27)15(22(24,25)26)11-13(2)28-20/h4-7,11,17H,1,8-10H2,2-3H3,(H,28,29)/t17-/m0/s1. The normalized spacial score (nSPS) is 16.7. The highest BCUT2D eigenvalue weighted by atomic mass is 19.4. The Morgan fingerprint density at radius 1 is 1.41 bits per heavy atom. The first-order valence-corrected chi connectivity index (χ1v) is 9.75. The smallest absolute Gasteiger partial charge is 0.364 e. The number of rotatable bonds is 4. The van der Waals surface area contributed by atoms with Crippen molar-refractivity contribution in [3.8, 4) is 6.07 Å². The molecule has 2 heterocycles. The van der Waals surface area contributed by atoms with Gasteiger partial charge in [-0.2, -0.15) is 18.4 Å². The van der Waals surface area contributed by atoms with Gasteiger partial charge in [0.05, 0.1) is 16.9 Å². The van der Waals surface area contributed by atoms with Crippen LogP contribution in [0.15, 0.2) is 36.9 Å². The van der Waals surface area contributed by atoms with Crippen molar-refractivity contribution in [2.24, 2.45) is 0 Å². The summed E-state index contributed by atoms with van der Waals surface area (Å²) in [5.41, 5.74) is -1.20. The van der Waals surface area contributed by atoms with E-state index < -0.39 is 35.1 Å². The number of hydrogen-bond acceptors (Lipinski definition) is 5. The first-order chi connectivity index (χ1) is 15.1. The van der Waals surface area contributed by atoms with Crippen molar-refractivity contribution in [2.45, 2.75) is 25.6 Å². The van der Waals surface area contributed by atoms with Crippen LogP contribution < -0.4 is 15.1 Å². The number of alkyl halides is 3. The van der Waals surface area contributed by atoms with Crippen LogP contribution in [-0.2, 0) is 11.0 Å². The molecule has 0 aliphatic carbocycles. The van der Waals surface area contributed by atoms with Crippen LogP contribution in [0.5, 0.6) is 0 Å². The number of benzene rings is 1. The Labute approximate surface area is 182 Å². The number of aryl methyl sites for hydroxylation is 1. The predicted octanol–water partition coefficient (Wildman–Crippen LogP) is 4.26. The highest BCUT2D eigenvalue weighted by Gasteiger charge is 2.37. The number of nitrogens with one attached hydrogen (secondary N) is 1. The summed E-state index contributed by atoms with van der Waals surface area (Å²) in [6, 6.07) is 5.70. The third kappa shape index (κ3) is 4.37. The van der Waals surface area contributed by atoms with Gasteiger partial charge < -0.3 is 15.1 Å². The van der Waals surface area contributed by atoms with Crippen molar-refractivity contribution in [1.29, 1.82) is 5.26 Å². The fourth-order valence-corrected chi connectivity index (χ4v) is 3.71. The molecule has 32 heavy (non-hydrogen) atoms. The minimum absolute atomic E-state index is 0.0474. The van der Waals surface area contributed by atoms with Crippen molar-refractivity contribution in [3.63, 3.8) is 0 Å². The molecule has 0 fully saturated rings. The SMILES string of the molecule is C=CCN1CC[C@H](Nc2nc(C)cc(C(F)(F)F)c2C#N)C(=O)N(C)c2cccc(F)c21. The van der Waals surface area contributed by atoms with E-state index in [1.807, 2.05) is 0 Å². The van der Waals surface area contributed by atoms with E-state index in [2.05, 4.69) is 16.9 Å². The van der Waals surface area contributed by atoms with Crippen LogP contribution in [0.4, 0.5) is 34.8 Å². The average Bonchev–Trinajstić information content (AvgIpc) is 2.73. The molecule has 1 aromatic heterocycles. The quantitative estimate of drug-likeness (QED) is 0.560. The first kappa shape index (κ1) is 23.1. The summed E-state index contributed by atoms with van der Waals surface area (Å²) in [5, 5.41) is 12.1. The number of nitriles is 1. The maximum absolute atomic E-state index is 14.6. The lowest BCUT2D eigenvalue weighted by molar-refractivity contribution is -0.137. The first-order valence-electron chi connectivity index (χ1n) is 9.75. The van der Waals surface area contributed by atoms with E-state index in [-0.39, 0.29) is 30.2 Å². The fraction of sp³-hybridized carbons (Fsp3) is 0.318. The summed E-state index contributed by atoms with van der Waals surface area (Å²) in [5.74, 6) is -1.31. The van der Waals surface area contributed by atoms with Gasteiger partial charge in [0.2, 0.25) is 5.91 Å². The van der Waals surface area contributed by atoms with Gasteiger partial charge in [-0.05, 0) is 31.5 Å². The molecule has 6 nitrogen and oxygen atoms in total. The minimum Gasteiger partial charge on any atom is -0.364 e. The number of pyridine rings is 1. The van der Waals surface area contributed by atoms with Gasteiger partial charge in [0.25, 0.3) is 0 Å². The second-order valence-electron chi connectivity index (χ2n) is 7.37. The summed E-state index contributed by atoms with van der Waals surface area (Å²) < 4.78 is 54.9. The number of carbonyl (C=O) groups is 1. The van der Waals surface area contributed by atoms with Crippen molar-refractivity contribution >= 4 is 23.1 Å². The molecular formula is C22H21F4N5O. The third-order valence-corrected chi connectivity index (χ3v) is 5.18. The largest absolute Gasteiger partial charge is 0.417 e. The highest BCUT2D eigenvalue weighted by molar-refractivity contribution is 6.01. The molecule has 1 N–H and O–H groups in total. The molecule has 1 amide bonds. The fourth-order valence-electron chi connectivity index (χ4n) is 3.71. The number of nitrogens with zero attached hydrogens (tertiary/aromatic N) is 4. The molecule has 0 bridgehead atoms. The van der Waals surface area contributed by atoms with Crippen LogP contribution in [0, 0.1) is 24.1 Å². The van der Waals surface area contributed by atoms with Gasteiger partial charge in [0.1, 0.15) is 29.3 Å². The molecule has 1 aromatic carbocycles. The Hall–Kier alpha value is -3.61. The summed E-state index contributed by atoms with van der Waals surface area (Å²) in [7, 11) is 1.46. The summed E-state index contributed by atoms with van der Waals surface area (Å²) >= 11 is 0. The number of hydrogen-bond donors (Lipinski definition) is 1. The molecule has 2 aromatic rings. The summed E-state index contributed by atoms with van der Waals surface area (Å²) in [6.07, 6.45) is -3.03. The van der Waals surface area contributed by atoms with Crippen LogP contribution in [-0.4, -0.2) is 37.1 Å². The van der Waals surface area contributed by atoms with E-state index in [1.165, 1.54) is 31.0 Å². The van der Waals surface area contributed by atoms with Gasteiger partial charge in [-0.15, -0.1) is 6.58 Å². The number of halogens is 4. The van der Waals surface area contributed by atoms with Gasteiger partial charge in [0, 0.05) is 25.8 Å². The van der Waals surface area contributed by atoms with Crippen LogP contribution in [0.1, 0.15) is 23.2 Å². The Bertz CT molecular complexity index is 1090. The molecule has 1 aliphatic rings. The molecule has 0 radical (unpaired) electrons. The Kier molecular flexibility index (Phi) is 6.39. The zero-order valence-electron chi connectivity index (χ0n) is 17.5. The number of aromatic nitrogens is 1. The maximum atomic E-state index is 14.6. The molecule has 0 unspecified atom stereocenters. The van der Waals surface area contributed by atoms with Gasteiger partial charge in [0.15, 0.2) is 0 Å². The number of anilines is 3. The van der Waals surface area contributed by atoms with Gasteiger partial charge in [-0.1, -0.05) is 12.1 Å². The van der Waals surface area contributed by atoms with Crippen molar-refractivity contribution in [2.75, 3.05) is 35.3 Å². The molecule has 0 spiro atoms. The average molecular weight is 447 g/mol.